The molecular weight excluding hydrogens is 231 g/mol. The molecule has 6 heteroatoms. The molecule has 2 atom stereocenters. The summed E-state index contributed by atoms with van der Waals surface area (Å²) >= 11 is 0. The number of nitrogens with zero attached hydrogens (tertiary/aromatic N) is 2. The third-order valence-electron chi connectivity index (χ3n) is 2.80. The summed E-state index contributed by atoms with van der Waals surface area (Å²) < 4.78 is 37.2. The Balaban J connectivity index is 2.79. The first-order valence-corrected chi connectivity index (χ1v) is 5.51. The predicted molar refractivity (Wildman–Crippen MR) is 59.6 cm³/mol. The average molecular weight is 247 g/mol. The van der Waals surface area contributed by atoms with E-state index >= 15 is 0 Å². The Kier molecular flexibility index (Phi) is 4.31. The minimum Gasteiger partial charge on any atom is -0.351 e. The fourth-order valence-corrected chi connectivity index (χ4v) is 1.29. The van der Waals surface area contributed by atoms with Gasteiger partial charge in [-0.25, -0.2) is 9.97 Å². The lowest BCUT2D eigenvalue weighted by Crippen LogP contribution is -2.25. The molecule has 0 aliphatic carbocycles. The van der Waals surface area contributed by atoms with Gasteiger partial charge in [-0.15, -0.1) is 0 Å². The molecule has 0 amide bonds. The van der Waals surface area contributed by atoms with Crippen molar-refractivity contribution >= 4 is 5.95 Å². The highest BCUT2D eigenvalue weighted by Gasteiger charge is 2.32. The van der Waals surface area contributed by atoms with Gasteiger partial charge in [-0.2, -0.15) is 13.2 Å². The third-order valence-corrected chi connectivity index (χ3v) is 2.80. The number of alkyl halides is 3. The van der Waals surface area contributed by atoms with Crippen LogP contribution in [-0.4, -0.2) is 16.0 Å². The van der Waals surface area contributed by atoms with Gasteiger partial charge in [0.25, 0.3) is 0 Å². The number of hydrogen-bond acceptors (Lipinski definition) is 3. The van der Waals surface area contributed by atoms with E-state index < -0.39 is 11.9 Å². The van der Waals surface area contributed by atoms with Crippen molar-refractivity contribution in [3.05, 3.63) is 18.0 Å². The maximum atomic E-state index is 12.4. The Labute approximate surface area is 98.5 Å². The minimum atomic E-state index is -4.43. The van der Waals surface area contributed by atoms with Gasteiger partial charge in [0.1, 0.15) is 5.69 Å². The van der Waals surface area contributed by atoms with Crippen LogP contribution < -0.4 is 5.32 Å². The van der Waals surface area contributed by atoms with Crippen LogP contribution in [0.5, 0.6) is 0 Å². The van der Waals surface area contributed by atoms with Crippen molar-refractivity contribution < 1.29 is 13.2 Å². The minimum absolute atomic E-state index is 0.0209. The van der Waals surface area contributed by atoms with E-state index in [9.17, 15) is 13.2 Å². The average Bonchev–Trinajstić information content (AvgIpc) is 2.27. The summed E-state index contributed by atoms with van der Waals surface area (Å²) in [6.07, 6.45) is -2.38. The zero-order valence-corrected chi connectivity index (χ0v) is 10.0. The van der Waals surface area contributed by atoms with Gasteiger partial charge in [0.2, 0.25) is 5.95 Å². The quantitative estimate of drug-likeness (QED) is 0.886. The Morgan fingerprint density at radius 1 is 1.35 bits per heavy atom. The van der Waals surface area contributed by atoms with Gasteiger partial charge in [-0.3, -0.25) is 0 Å². The van der Waals surface area contributed by atoms with Crippen LogP contribution in [0.3, 0.4) is 0 Å². The molecule has 1 N–H and O–H groups in total. The Bertz CT molecular complexity index is 365. The smallest absolute Gasteiger partial charge is 0.351 e. The van der Waals surface area contributed by atoms with Gasteiger partial charge in [-0.1, -0.05) is 20.3 Å². The lowest BCUT2D eigenvalue weighted by atomic mass is 10.0. The molecular formula is C11H16F3N3. The van der Waals surface area contributed by atoms with Gasteiger partial charge in [-0.05, 0) is 18.9 Å². The van der Waals surface area contributed by atoms with Gasteiger partial charge in [0, 0.05) is 12.2 Å². The predicted octanol–water partition coefficient (Wildman–Crippen LogP) is 3.34. The molecule has 1 aromatic rings. The first kappa shape index (κ1) is 13.7. The molecule has 3 nitrogen and oxygen atoms in total. The van der Waals surface area contributed by atoms with Crippen molar-refractivity contribution in [1.29, 1.82) is 0 Å². The molecule has 0 radical (unpaired) electrons. The molecule has 2 unspecified atom stereocenters. The van der Waals surface area contributed by atoms with E-state index in [1.165, 1.54) is 0 Å². The van der Waals surface area contributed by atoms with Crippen LogP contribution in [-0.2, 0) is 6.18 Å². The van der Waals surface area contributed by atoms with Crippen LogP contribution >= 0.6 is 0 Å². The third kappa shape index (κ3) is 3.87. The van der Waals surface area contributed by atoms with Gasteiger partial charge >= 0.3 is 6.18 Å². The van der Waals surface area contributed by atoms with E-state index in [0.717, 1.165) is 18.7 Å². The zero-order valence-electron chi connectivity index (χ0n) is 10.0. The second-order valence-electron chi connectivity index (χ2n) is 4.08. The van der Waals surface area contributed by atoms with Crippen LogP contribution in [0.2, 0.25) is 0 Å². The zero-order chi connectivity index (χ0) is 13.1. The number of hydrogen-bond donors (Lipinski definition) is 1. The molecule has 0 spiro atoms. The molecule has 0 saturated heterocycles. The highest BCUT2D eigenvalue weighted by atomic mass is 19.4. The van der Waals surface area contributed by atoms with E-state index in [1.807, 2.05) is 20.8 Å². The molecule has 0 aromatic carbocycles. The summed E-state index contributed by atoms with van der Waals surface area (Å²) in [5.74, 6) is 0.362. The lowest BCUT2D eigenvalue weighted by Gasteiger charge is -2.20. The van der Waals surface area contributed by atoms with Crippen molar-refractivity contribution in [3.63, 3.8) is 0 Å². The van der Waals surface area contributed by atoms with Crippen molar-refractivity contribution in [1.82, 2.24) is 9.97 Å². The first-order chi connectivity index (χ1) is 7.84. The second-order valence-corrected chi connectivity index (χ2v) is 4.08. The normalized spacial score (nSPS) is 15.4. The largest absolute Gasteiger partial charge is 0.433 e. The Morgan fingerprint density at radius 3 is 2.53 bits per heavy atom. The van der Waals surface area contributed by atoms with Gasteiger partial charge < -0.3 is 5.32 Å². The number of rotatable bonds is 4. The van der Waals surface area contributed by atoms with E-state index in [1.54, 1.807) is 0 Å². The summed E-state index contributed by atoms with van der Waals surface area (Å²) in [5, 5.41) is 2.88. The molecule has 1 heterocycles. The van der Waals surface area contributed by atoms with E-state index in [0.29, 0.717) is 5.92 Å². The number of aromatic nitrogens is 2. The number of nitrogens with one attached hydrogen (secondary N) is 1. The molecule has 0 saturated carbocycles. The van der Waals surface area contributed by atoms with Gasteiger partial charge in [0.05, 0.1) is 0 Å². The van der Waals surface area contributed by atoms with Crippen molar-refractivity contribution in [3.8, 4) is 0 Å². The number of halogens is 3. The maximum absolute atomic E-state index is 12.4. The van der Waals surface area contributed by atoms with Crippen molar-refractivity contribution in [2.75, 3.05) is 5.32 Å². The highest BCUT2D eigenvalue weighted by Crippen LogP contribution is 2.27. The molecule has 17 heavy (non-hydrogen) atoms. The Morgan fingerprint density at radius 2 is 2.00 bits per heavy atom. The number of anilines is 1. The van der Waals surface area contributed by atoms with Crippen molar-refractivity contribution in [2.24, 2.45) is 5.92 Å². The summed E-state index contributed by atoms with van der Waals surface area (Å²) in [7, 11) is 0. The van der Waals surface area contributed by atoms with E-state index in [-0.39, 0.29) is 12.0 Å². The second kappa shape index (κ2) is 5.33. The van der Waals surface area contributed by atoms with Crippen LogP contribution in [0.25, 0.3) is 0 Å². The molecule has 0 aliphatic rings. The lowest BCUT2D eigenvalue weighted by molar-refractivity contribution is -0.141. The standard InChI is InChI=1S/C11H16F3N3/c1-4-7(2)8(3)16-10-15-6-5-9(17-10)11(12,13)14/h5-8H,4H2,1-3H3,(H,15,16,17). The van der Waals surface area contributed by atoms with Crippen LogP contribution in [0.1, 0.15) is 32.9 Å². The summed E-state index contributed by atoms with van der Waals surface area (Å²) in [6.45, 7) is 5.94. The van der Waals surface area contributed by atoms with Gasteiger partial charge in [0.15, 0.2) is 0 Å². The summed E-state index contributed by atoms with van der Waals surface area (Å²) in [5.41, 5.74) is -0.925. The van der Waals surface area contributed by atoms with Crippen LogP contribution in [0.4, 0.5) is 19.1 Å². The molecule has 0 aliphatic heterocycles. The molecule has 1 aromatic heterocycles. The molecule has 0 fully saturated rings. The Hall–Kier alpha value is -1.33. The summed E-state index contributed by atoms with van der Waals surface area (Å²) in [6, 6.07) is 0.891. The first-order valence-electron chi connectivity index (χ1n) is 5.51. The summed E-state index contributed by atoms with van der Waals surface area (Å²) in [4.78, 5) is 7.24. The van der Waals surface area contributed by atoms with E-state index in [2.05, 4.69) is 15.3 Å². The molecule has 1 rings (SSSR count). The topological polar surface area (TPSA) is 37.8 Å². The maximum Gasteiger partial charge on any atom is 0.433 e. The fourth-order valence-electron chi connectivity index (χ4n) is 1.29. The van der Waals surface area contributed by atoms with E-state index in [4.69, 9.17) is 0 Å². The fraction of sp³-hybridized carbons (Fsp3) is 0.636. The monoisotopic (exact) mass is 247 g/mol. The van der Waals surface area contributed by atoms with Crippen molar-refractivity contribution in [2.45, 2.75) is 39.4 Å². The highest BCUT2D eigenvalue weighted by molar-refractivity contribution is 5.27. The molecule has 96 valence electrons. The molecule has 0 bridgehead atoms. The van der Waals surface area contributed by atoms with Crippen LogP contribution in [0.15, 0.2) is 12.3 Å². The van der Waals surface area contributed by atoms with Crippen LogP contribution in [0, 0.1) is 5.92 Å². The SMILES string of the molecule is CCC(C)C(C)Nc1nccc(C(F)(F)F)n1.